The lowest BCUT2D eigenvalue weighted by Gasteiger charge is -2.29. The first-order valence-electron chi connectivity index (χ1n) is 13.7. The molecule has 3 aromatic rings. The summed E-state index contributed by atoms with van der Waals surface area (Å²) in [6, 6.07) is 17.7. The van der Waals surface area contributed by atoms with Crippen LogP contribution in [0.1, 0.15) is 60.0 Å². The Kier molecular flexibility index (Phi) is 11.9. The minimum atomic E-state index is -0.102. The maximum Gasteiger partial charge on any atom is 0.254 e. The van der Waals surface area contributed by atoms with E-state index in [4.69, 9.17) is 9.47 Å². The number of hydrogen-bond acceptors (Lipinski definition) is 5. The van der Waals surface area contributed by atoms with Gasteiger partial charge in [0.25, 0.3) is 5.91 Å². The third-order valence-corrected chi connectivity index (χ3v) is 7.48. The van der Waals surface area contributed by atoms with Crippen molar-refractivity contribution in [2.24, 2.45) is 5.92 Å². The van der Waals surface area contributed by atoms with Gasteiger partial charge in [0.2, 0.25) is 5.91 Å². The van der Waals surface area contributed by atoms with Crippen LogP contribution in [-0.2, 0) is 24.2 Å². The van der Waals surface area contributed by atoms with Gasteiger partial charge in [-0.15, -0.1) is 11.3 Å². The number of benzene rings is 2. The average molecular weight is 551 g/mol. The number of thiophene rings is 1. The number of methoxy groups -OCH3 is 2. The van der Waals surface area contributed by atoms with Crippen LogP contribution in [0.5, 0.6) is 11.5 Å². The van der Waals surface area contributed by atoms with Gasteiger partial charge in [-0.05, 0) is 72.0 Å². The summed E-state index contributed by atoms with van der Waals surface area (Å²) in [5.41, 5.74) is 2.91. The number of amides is 2. The summed E-state index contributed by atoms with van der Waals surface area (Å²) in [7, 11) is 3.23. The number of hydrogen-bond donors (Lipinski definition) is 0. The van der Waals surface area contributed by atoms with Gasteiger partial charge in [0.1, 0.15) is 6.54 Å². The van der Waals surface area contributed by atoms with Gasteiger partial charge in [-0.25, -0.2) is 0 Å². The molecule has 210 valence electrons. The molecular weight excluding hydrogens is 508 g/mol. The first kappa shape index (κ1) is 30.2. The second-order valence-electron chi connectivity index (χ2n) is 10.2. The Hall–Kier alpha value is -3.32. The molecule has 0 radical (unpaired) electrons. The number of nitrogens with zero attached hydrogens (tertiary/aromatic N) is 2. The Morgan fingerprint density at radius 2 is 1.62 bits per heavy atom. The van der Waals surface area contributed by atoms with Gasteiger partial charge < -0.3 is 19.3 Å². The monoisotopic (exact) mass is 550 g/mol. The molecule has 0 N–H and O–H groups in total. The van der Waals surface area contributed by atoms with Crippen molar-refractivity contribution in [3.63, 3.8) is 0 Å². The fourth-order valence-electron chi connectivity index (χ4n) is 4.48. The van der Waals surface area contributed by atoms with Crippen LogP contribution < -0.4 is 9.47 Å². The smallest absolute Gasteiger partial charge is 0.254 e. The van der Waals surface area contributed by atoms with Gasteiger partial charge in [-0.1, -0.05) is 51.5 Å². The minimum Gasteiger partial charge on any atom is -0.493 e. The molecular formula is C32H42N2O4S. The zero-order chi connectivity index (χ0) is 28.2. The van der Waals surface area contributed by atoms with Gasteiger partial charge in [-0.2, -0.15) is 0 Å². The van der Waals surface area contributed by atoms with E-state index >= 15 is 0 Å². The van der Waals surface area contributed by atoms with Crippen molar-refractivity contribution in [1.29, 1.82) is 0 Å². The van der Waals surface area contributed by atoms with E-state index in [2.05, 4.69) is 20.8 Å². The lowest BCUT2D eigenvalue weighted by Crippen LogP contribution is -2.44. The zero-order valence-corrected chi connectivity index (χ0v) is 24.8. The number of carbonyl (C=O) groups is 2. The molecule has 0 saturated heterocycles. The van der Waals surface area contributed by atoms with E-state index in [1.165, 1.54) is 5.56 Å². The molecule has 2 amide bonds. The molecule has 1 aromatic heterocycles. The fourth-order valence-corrected chi connectivity index (χ4v) is 5.20. The number of rotatable bonds is 15. The molecule has 1 heterocycles. The van der Waals surface area contributed by atoms with Gasteiger partial charge in [0.05, 0.1) is 20.8 Å². The Balaban J connectivity index is 1.76. The molecule has 0 aliphatic heterocycles. The molecule has 7 heteroatoms. The minimum absolute atomic E-state index is 0.0475. The van der Waals surface area contributed by atoms with Gasteiger partial charge in [0.15, 0.2) is 11.5 Å². The normalized spacial score (nSPS) is 10.9. The molecule has 0 unspecified atom stereocenters. The molecule has 0 atom stereocenters. The lowest BCUT2D eigenvalue weighted by atomic mass is 10.1. The first-order chi connectivity index (χ1) is 18.8. The van der Waals surface area contributed by atoms with E-state index in [0.717, 1.165) is 29.7 Å². The van der Waals surface area contributed by atoms with Crippen molar-refractivity contribution in [2.45, 2.75) is 53.0 Å². The predicted octanol–water partition coefficient (Wildman–Crippen LogP) is 6.48. The van der Waals surface area contributed by atoms with Crippen LogP contribution in [0.2, 0.25) is 0 Å². The molecule has 0 spiro atoms. The van der Waals surface area contributed by atoms with Crippen LogP contribution in [0.15, 0.2) is 60.0 Å². The first-order valence-corrected chi connectivity index (χ1v) is 14.6. The molecule has 3 rings (SSSR count). The predicted molar refractivity (Wildman–Crippen MR) is 159 cm³/mol. The Morgan fingerprint density at radius 3 is 2.23 bits per heavy atom. The van der Waals surface area contributed by atoms with Crippen LogP contribution in [0.3, 0.4) is 0 Å². The average Bonchev–Trinajstić information content (AvgIpc) is 3.46. The summed E-state index contributed by atoms with van der Waals surface area (Å²) in [4.78, 5) is 31.9. The summed E-state index contributed by atoms with van der Waals surface area (Å²) in [6.07, 6.45) is 3.94. The summed E-state index contributed by atoms with van der Waals surface area (Å²) < 4.78 is 10.8. The standard InChI is InChI=1S/C32H42N2O4S/c1-6-7-9-25-11-14-27(15-12-25)32(36)34(21-24(2)3)23-31(35)33(22-28-10-8-19-39-28)18-17-26-13-16-29(37-4)30(20-26)38-5/h8,10-16,19-20,24H,6-7,9,17-18,21-23H2,1-5H3. The maximum atomic E-state index is 13.7. The van der Waals surface area contributed by atoms with Gasteiger partial charge in [0, 0.05) is 23.5 Å². The Bertz CT molecular complexity index is 1180. The van der Waals surface area contributed by atoms with E-state index in [0.29, 0.717) is 43.1 Å². The summed E-state index contributed by atoms with van der Waals surface area (Å²) in [6.45, 7) is 7.92. The van der Waals surface area contributed by atoms with Crippen LogP contribution in [0, 0.1) is 5.92 Å². The topological polar surface area (TPSA) is 59.1 Å². The highest BCUT2D eigenvalue weighted by atomic mass is 32.1. The summed E-state index contributed by atoms with van der Waals surface area (Å²) in [5, 5.41) is 2.02. The lowest BCUT2D eigenvalue weighted by molar-refractivity contribution is -0.132. The molecule has 39 heavy (non-hydrogen) atoms. The largest absolute Gasteiger partial charge is 0.493 e. The second kappa shape index (κ2) is 15.3. The highest BCUT2D eigenvalue weighted by Crippen LogP contribution is 2.28. The van der Waals surface area contributed by atoms with Crippen molar-refractivity contribution >= 4 is 23.2 Å². The van der Waals surface area contributed by atoms with E-state index in [1.807, 2.05) is 64.9 Å². The Labute approximate surface area is 237 Å². The number of ether oxygens (including phenoxy) is 2. The number of unbranched alkanes of at least 4 members (excludes halogenated alkanes) is 1. The van der Waals surface area contributed by atoms with Crippen molar-refractivity contribution in [3.8, 4) is 11.5 Å². The molecule has 2 aromatic carbocycles. The van der Waals surface area contributed by atoms with Crippen LogP contribution >= 0.6 is 11.3 Å². The second-order valence-corrected chi connectivity index (χ2v) is 11.2. The SMILES string of the molecule is CCCCc1ccc(C(=O)N(CC(=O)N(CCc2ccc(OC)c(OC)c2)Cc2cccs2)CC(C)C)cc1. The molecule has 6 nitrogen and oxygen atoms in total. The third kappa shape index (κ3) is 9.13. The summed E-state index contributed by atoms with van der Waals surface area (Å²) >= 11 is 1.63. The number of aryl methyl sites for hydroxylation is 1. The molecule has 0 bridgehead atoms. The van der Waals surface area contributed by atoms with Crippen molar-refractivity contribution < 1.29 is 19.1 Å². The van der Waals surface area contributed by atoms with E-state index in [9.17, 15) is 9.59 Å². The molecule has 0 aliphatic carbocycles. The number of carbonyl (C=O) groups excluding carboxylic acids is 2. The van der Waals surface area contributed by atoms with Crippen LogP contribution in [0.4, 0.5) is 0 Å². The van der Waals surface area contributed by atoms with Crippen LogP contribution in [-0.4, -0.2) is 55.5 Å². The van der Waals surface area contributed by atoms with E-state index in [1.54, 1.807) is 30.5 Å². The van der Waals surface area contributed by atoms with Gasteiger partial charge >= 0.3 is 0 Å². The van der Waals surface area contributed by atoms with Crippen LogP contribution in [0.25, 0.3) is 0 Å². The molecule has 0 aliphatic rings. The third-order valence-electron chi connectivity index (χ3n) is 6.62. The fraction of sp³-hybridized carbons (Fsp3) is 0.438. The van der Waals surface area contributed by atoms with E-state index < -0.39 is 0 Å². The quantitative estimate of drug-likeness (QED) is 0.217. The summed E-state index contributed by atoms with van der Waals surface area (Å²) in [5.74, 6) is 1.42. The van der Waals surface area contributed by atoms with Gasteiger partial charge in [-0.3, -0.25) is 9.59 Å². The Morgan fingerprint density at radius 1 is 0.897 bits per heavy atom. The van der Waals surface area contributed by atoms with Crippen molar-refractivity contribution in [2.75, 3.05) is 33.9 Å². The highest BCUT2D eigenvalue weighted by Gasteiger charge is 2.24. The van der Waals surface area contributed by atoms with E-state index in [-0.39, 0.29) is 24.3 Å². The highest BCUT2D eigenvalue weighted by molar-refractivity contribution is 7.09. The zero-order valence-electron chi connectivity index (χ0n) is 23.9. The molecule has 0 saturated carbocycles. The van der Waals surface area contributed by atoms with Crippen molar-refractivity contribution in [3.05, 3.63) is 81.5 Å². The maximum absolute atomic E-state index is 13.7. The van der Waals surface area contributed by atoms with Crippen molar-refractivity contribution in [1.82, 2.24) is 9.80 Å². The molecule has 0 fully saturated rings.